The van der Waals surface area contributed by atoms with Gasteiger partial charge in [-0.2, -0.15) is 15.6 Å². The van der Waals surface area contributed by atoms with E-state index in [2.05, 4.69) is 118 Å². The Morgan fingerprint density at radius 1 is 0.393 bits per heavy atom. The van der Waals surface area contributed by atoms with Crippen LogP contribution in [-0.2, 0) is 35.4 Å². The van der Waals surface area contributed by atoms with Crippen molar-refractivity contribution in [3.8, 4) is 0 Å². The van der Waals surface area contributed by atoms with Crippen LogP contribution in [0.3, 0.4) is 0 Å². The van der Waals surface area contributed by atoms with E-state index in [-0.39, 0.29) is 16.8 Å². The summed E-state index contributed by atoms with van der Waals surface area (Å²) >= 11 is 0. The van der Waals surface area contributed by atoms with Gasteiger partial charge in [0.1, 0.15) is 0 Å². The van der Waals surface area contributed by atoms with E-state index in [0.717, 1.165) is 0 Å². The predicted octanol–water partition coefficient (Wildman–Crippen LogP) is 2.05. The van der Waals surface area contributed by atoms with Crippen LogP contribution in [0.2, 0.25) is 0 Å². The molecule has 3 aromatic carbocycles. The van der Waals surface area contributed by atoms with Crippen LogP contribution in [-0.4, -0.2) is 8.80 Å². The second kappa shape index (κ2) is 22.4. The molecule has 3 aromatic rings. The molecule has 4 nitrogen and oxygen atoms in total. The smallest absolute Gasteiger partial charge is 0 e. The molecule has 0 aliphatic carbocycles. The van der Waals surface area contributed by atoms with Crippen LogP contribution in [0.25, 0.3) is 0 Å². The van der Waals surface area contributed by atoms with E-state index in [1.165, 1.54) is 15.6 Å². The van der Waals surface area contributed by atoms with Crippen LogP contribution in [0.15, 0.2) is 91.0 Å². The van der Waals surface area contributed by atoms with E-state index >= 15 is 0 Å². The van der Waals surface area contributed by atoms with Crippen molar-refractivity contribution in [3.05, 3.63) is 118 Å². The molecule has 0 aromatic heterocycles. The molecule has 141 valence electrons. The largest absolute Gasteiger partial charge is 0.219 e. The summed E-state index contributed by atoms with van der Waals surface area (Å²) in [5.41, 5.74) is 0. The summed E-state index contributed by atoms with van der Waals surface area (Å²) in [5.74, 6) is 0. The van der Waals surface area contributed by atoms with Gasteiger partial charge in [-0.05, 0) is 0 Å². The Bertz CT molecular complexity index is 683. The van der Waals surface area contributed by atoms with Crippen LogP contribution in [0.5, 0.6) is 0 Å². The fourth-order valence-electron chi connectivity index (χ4n) is 2.31. The average Bonchev–Trinajstić information content (AvgIpc) is 2.82. The molecule has 6 heteroatoms. The van der Waals surface area contributed by atoms with Gasteiger partial charge in [-0.1, -0.05) is 91.0 Å². The molecule has 3 rings (SSSR count). The van der Waals surface area contributed by atoms with E-state index < -0.39 is 8.80 Å². The quantitative estimate of drug-likeness (QED) is 0.264. The van der Waals surface area contributed by atoms with Gasteiger partial charge in [0.2, 0.25) is 0 Å². The Morgan fingerprint density at radius 2 is 0.571 bits per heavy atom. The minimum Gasteiger partial charge on any atom is -0.219 e. The molecule has 0 unspecified atom stereocenters. The monoisotopic (exact) mass is 430 g/mol. The second-order valence-corrected chi connectivity index (χ2v) is 6.96. The first-order valence-electron chi connectivity index (χ1n) is 7.30. The zero-order chi connectivity index (χ0) is 20.9. The van der Waals surface area contributed by atoms with Crippen molar-refractivity contribution < 1.29 is 35.4 Å². The molecule has 0 saturated carbocycles. The van der Waals surface area contributed by atoms with Gasteiger partial charge in [0.15, 0.2) is 0 Å². The van der Waals surface area contributed by atoms with E-state index in [0.29, 0.717) is 0 Å². The van der Waals surface area contributed by atoms with E-state index in [1.807, 2.05) is 0 Å². The van der Waals surface area contributed by atoms with Crippen molar-refractivity contribution in [2.24, 2.45) is 0 Å². The maximum Gasteiger partial charge on any atom is 0 e. The molecule has 0 saturated heterocycles. The topological polar surface area (TPSA) is 79.6 Å². The summed E-state index contributed by atoms with van der Waals surface area (Å²) in [6.07, 6.45) is 0. The van der Waals surface area contributed by atoms with Gasteiger partial charge >= 0.3 is 45.2 Å². The molecule has 0 amide bonds. The van der Waals surface area contributed by atoms with Gasteiger partial charge in [-0.25, -0.2) is 8.80 Å². The van der Waals surface area contributed by atoms with Crippen molar-refractivity contribution in [2.45, 2.75) is 0 Å². The normalized spacial score (nSPS) is 7.14. The molecule has 28 heavy (non-hydrogen) atoms. The van der Waals surface area contributed by atoms with Gasteiger partial charge in [-0.15, -0.1) is 0 Å². The van der Waals surface area contributed by atoms with Crippen LogP contribution in [0, 0.1) is 26.6 Å². The molecular formula is C22H15CoO4Si-. The Kier molecular flexibility index (Phi) is 24.1. The zero-order valence-electron chi connectivity index (χ0n) is 14.6. The van der Waals surface area contributed by atoms with E-state index in [4.69, 9.17) is 18.6 Å². The molecule has 0 aliphatic rings. The first-order valence-corrected chi connectivity index (χ1v) is 8.80. The number of rotatable bonds is 3. The zero-order valence-corrected chi connectivity index (χ0v) is 16.7. The van der Waals surface area contributed by atoms with Crippen molar-refractivity contribution in [1.82, 2.24) is 0 Å². The number of hydrogen-bond acceptors (Lipinski definition) is 0. The third kappa shape index (κ3) is 10.5. The summed E-state index contributed by atoms with van der Waals surface area (Å²) in [4.78, 5) is 0. The van der Waals surface area contributed by atoms with Crippen molar-refractivity contribution in [3.63, 3.8) is 0 Å². The molecule has 0 heterocycles. The van der Waals surface area contributed by atoms with Gasteiger partial charge in [-0.3, -0.25) is 0 Å². The molecule has 0 spiro atoms. The summed E-state index contributed by atoms with van der Waals surface area (Å²) in [6, 6.07) is 32.5. The summed E-state index contributed by atoms with van der Waals surface area (Å²) in [7, 11) is -0.877. The van der Waals surface area contributed by atoms with Crippen LogP contribution < -0.4 is 15.6 Å². The Morgan fingerprint density at radius 3 is 0.750 bits per heavy atom. The van der Waals surface area contributed by atoms with Crippen molar-refractivity contribution in [2.75, 3.05) is 0 Å². The molecule has 0 aliphatic heterocycles. The number of hydrogen-bond donors (Lipinski definition) is 0. The molecular weight excluding hydrogens is 415 g/mol. The maximum absolute atomic E-state index is 7.50. The fraction of sp³-hybridized carbons (Fsp3) is 0. The van der Waals surface area contributed by atoms with E-state index in [9.17, 15) is 0 Å². The summed E-state index contributed by atoms with van der Waals surface area (Å²) in [6.45, 7) is 18.0. The predicted molar refractivity (Wildman–Crippen MR) is 99.7 cm³/mol. The molecule has 0 atom stereocenters. The average molecular weight is 430 g/mol. The Hall–Kier alpha value is -2.66. The molecule has 0 bridgehead atoms. The maximum atomic E-state index is 7.50. The second-order valence-electron chi connectivity index (χ2n) is 4.47. The van der Waals surface area contributed by atoms with E-state index in [1.54, 1.807) is 0 Å². The third-order valence-corrected chi connectivity index (χ3v) is 5.92. The minimum atomic E-state index is -0.877. The van der Waals surface area contributed by atoms with Crippen LogP contribution >= 0.6 is 0 Å². The number of benzene rings is 3. The first kappa shape index (κ1) is 30.1. The fourth-order valence-corrected chi connectivity index (χ4v) is 4.89. The first-order chi connectivity index (χ1) is 13.4. The molecule has 1 radical (unpaired) electrons. The minimum absolute atomic E-state index is 0. The SMILES string of the molecule is [C-]#[O+].[C-]#[O+].[C-]#[O+].[C-]#[O+].[Co].c1ccc([Si-](c2ccccc2)c2ccccc2)cc1. The molecule has 0 fully saturated rings. The Balaban J connectivity index is -0.000000622. The van der Waals surface area contributed by atoms with Gasteiger partial charge in [0.25, 0.3) is 0 Å². The van der Waals surface area contributed by atoms with Crippen LogP contribution in [0.4, 0.5) is 0 Å². The van der Waals surface area contributed by atoms with Gasteiger partial charge < -0.3 is 0 Å². The third-order valence-electron chi connectivity index (χ3n) is 3.19. The van der Waals surface area contributed by atoms with Gasteiger partial charge in [0.05, 0.1) is 0 Å². The van der Waals surface area contributed by atoms with Crippen molar-refractivity contribution in [1.29, 1.82) is 0 Å². The van der Waals surface area contributed by atoms with Gasteiger partial charge in [0, 0.05) is 16.8 Å². The van der Waals surface area contributed by atoms with Crippen molar-refractivity contribution >= 4 is 24.4 Å². The summed E-state index contributed by atoms with van der Waals surface area (Å²) < 4.78 is 30.0. The molecule has 0 N–H and O–H groups in total. The summed E-state index contributed by atoms with van der Waals surface area (Å²) in [5, 5.41) is 4.31. The standard InChI is InChI=1S/C18H15Si.4CO.Co/c1-4-10-16(11-5-1)19(17-12-6-2-7-13-17)18-14-8-3-9-15-18;4*1-2;/h1-15H;;;;;/q-1;;;;;. The van der Waals surface area contributed by atoms with Crippen LogP contribution in [0.1, 0.15) is 0 Å². The Labute approximate surface area is 177 Å².